The molecule has 24 heavy (non-hydrogen) atoms. The van der Waals surface area contributed by atoms with E-state index in [0.29, 0.717) is 11.3 Å². The molecule has 3 amide bonds. The Balaban J connectivity index is 1.90. The summed E-state index contributed by atoms with van der Waals surface area (Å²) in [5.74, 6) is -2.37. The number of hydrogen-bond acceptors (Lipinski definition) is 4. The Bertz CT molecular complexity index is 803. The van der Waals surface area contributed by atoms with E-state index in [9.17, 15) is 14.4 Å². The number of rotatable bonds is 4. The maximum absolute atomic E-state index is 11.7. The summed E-state index contributed by atoms with van der Waals surface area (Å²) < 4.78 is 0.870. The number of nitrogens with one attached hydrogen (secondary N) is 2. The first-order chi connectivity index (χ1) is 11.5. The van der Waals surface area contributed by atoms with Gasteiger partial charge in [0.1, 0.15) is 0 Å². The summed E-state index contributed by atoms with van der Waals surface area (Å²) >= 11 is 3.32. The van der Waals surface area contributed by atoms with Gasteiger partial charge in [-0.05, 0) is 42.0 Å². The molecule has 0 bridgehead atoms. The summed E-state index contributed by atoms with van der Waals surface area (Å²) in [5.41, 5.74) is 8.66. The smallest absolute Gasteiger partial charge is 0.329 e. The Morgan fingerprint density at radius 2 is 1.75 bits per heavy atom. The molecule has 0 aliphatic carbocycles. The second kappa shape index (κ2) is 8.02. The highest BCUT2D eigenvalue weighted by Gasteiger charge is 2.13. The minimum atomic E-state index is -0.916. The summed E-state index contributed by atoms with van der Waals surface area (Å²) in [6.45, 7) is 0. The van der Waals surface area contributed by atoms with Gasteiger partial charge in [0.2, 0.25) is 5.91 Å². The van der Waals surface area contributed by atoms with Crippen LogP contribution in [-0.4, -0.2) is 23.9 Å². The van der Waals surface area contributed by atoms with Gasteiger partial charge < -0.3 is 11.1 Å². The molecule has 0 unspecified atom stereocenters. The van der Waals surface area contributed by atoms with Crippen LogP contribution in [0.3, 0.4) is 0 Å². The highest BCUT2D eigenvalue weighted by molar-refractivity contribution is 9.10. The van der Waals surface area contributed by atoms with Crippen molar-refractivity contribution in [2.75, 3.05) is 5.32 Å². The zero-order valence-corrected chi connectivity index (χ0v) is 13.9. The third kappa shape index (κ3) is 5.03. The zero-order valence-electron chi connectivity index (χ0n) is 12.3. The first-order valence-electron chi connectivity index (χ1n) is 6.75. The molecule has 0 saturated heterocycles. The first kappa shape index (κ1) is 17.4. The van der Waals surface area contributed by atoms with E-state index in [1.165, 1.54) is 30.5 Å². The van der Waals surface area contributed by atoms with Gasteiger partial charge in [-0.1, -0.05) is 28.1 Å². The molecule has 0 radical (unpaired) electrons. The van der Waals surface area contributed by atoms with E-state index < -0.39 is 17.7 Å². The largest absolute Gasteiger partial charge is 0.366 e. The molecular formula is C16H13BrN4O3. The minimum absolute atomic E-state index is 0.302. The fourth-order valence-corrected chi connectivity index (χ4v) is 2.13. The number of nitrogens with two attached hydrogens (primary N) is 1. The van der Waals surface area contributed by atoms with Crippen molar-refractivity contribution in [2.24, 2.45) is 10.8 Å². The van der Waals surface area contributed by atoms with Crippen LogP contribution >= 0.6 is 15.9 Å². The Morgan fingerprint density at radius 3 is 2.38 bits per heavy atom. The molecule has 0 atom stereocenters. The van der Waals surface area contributed by atoms with E-state index in [1.54, 1.807) is 12.1 Å². The topological polar surface area (TPSA) is 114 Å². The molecule has 2 aromatic carbocycles. The van der Waals surface area contributed by atoms with E-state index in [0.717, 1.165) is 10.0 Å². The lowest BCUT2D eigenvalue weighted by Gasteiger charge is -2.04. The van der Waals surface area contributed by atoms with Crippen molar-refractivity contribution in [3.05, 3.63) is 64.1 Å². The van der Waals surface area contributed by atoms with Crippen molar-refractivity contribution < 1.29 is 14.4 Å². The van der Waals surface area contributed by atoms with Gasteiger partial charge in [0.15, 0.2) is 0 Å². The molecule has 122 valence electrons. The van der Waals surface area contributed by atoms with Crippen molar-refractivity contribution in [2.45, 2.75) is 0 Å². The molecule has 0 fully saturated rings. The Labute approximate surface area is 146 Å². The number of primary amides is 1. The van der Waals surface area contributed by atoms with Crippen LogP contribution in [0.15, 0.2) is 58.1 Å². The Morgan fingerprint density at radius 1 is 1.04 bits per heavy atom. The summed E-state index contributed by atoms with van der Waals surface area (Å²) in [5, 5.41) is 6.10. The maximum Gasteiger partial charge on any atom is 0.329 e. The van der Waals surface area contributed by atoms with E-state index >= 15 is 0 Å². The number of amides is 3. The molecule has 7 nitrogen and oxygen atoms in total. The van der Waals surface area contributed by atoms with Crippen molar-refractivity contribution in [3.63, 3.8) is 0 Å². The van der Waals surface area contributed by atoms with Crippen molar-refractivity contribution >= 4 is 45.6 Å². The Kier molecular flexibility index (Phi) is 5.80. The van der Waals surface area contributed by atoms with Gasteiger partial charge in [0.05, 0.1) is 6.21 Å². The van der Waals surface area contributed by atoms with Crippen LogP contribution in [0.25, 0.3) is 0 Å². The van der Waals surface area contributed by atoms with Gasteiger partial charge in [-0.25, -0.2) is 5.43 Å². The van der Waals surface area contributed by atoms with Gasteiger partial charge in [0, 0.05) is 15.7 Å². The molecule has 0 aliphatic heterocycles. The van der Waals surface area contributed by atoms with E-state index in [2.05, 4.69) is 31.8 Å². The summed E-state index contributed by atoms with van der Waals surface area (Å²) in [4.78, 5) is 34.3. The standard InChI is InChI=1S/C16H13BrN4O3/c17-12-3-1-2-10(8-12)9-19-21-16(24)15(23)20-13-6-4-11(5-7-13)14(18)22/h1-9H,(H2,18,22)(H,20,23)(H,21,24). The fourth-order valence-electron chi connectivity index (χ4n) is 1.71. The SMILES string of the molecule is NC(=O)c1ccc(NC(=O)C(=O)NN=Cc2cccc(Br)c2)cc1. The summed E-state index contributed by atoms with van der Waals surface area (Å²) in [6.07, 6.45) is 1.41. The molecule has 4 N–H and O–H groups in total. The van der Waals surface area contributed by atoms with E-state index in [1.807, 2.05) is 12.1 Å². The third-order valence-corrected chi connectivity index (χ3v) is 3.36. The van der Waals surface area contributed by atoms with Crippen LogP contribution in [0.2, 0.25) is 0 Å². The number of carbonyl (C=O) groups excluding carboxylic acids is 3. The lowest BCUT2D eigenvalue weighted by atomic mass is 10.2. The average molecular weight is 389 g/mol. The van der Waals surface area contributed by atoms with Crippen molar-refractivity contribution in [1.29, 1.82) is 0 Å². The number of hydrazone groups is 1. The number of nitrogens with zero attached hydrogens (tertiary/aromatic N) is 1. The van der Waals surface area contributed by atoms with Gasteiger partial charge >= 0.3 is 11.8 Å². The quantitative estimate of drug-likeness (QED) is 0.420. The zero-order chi connectivity index (χ0) is 17.5. The van der Waals surface area contributed by atoms with Gasteiger partial charge in [-0.3, -0.25) is 14.4 Å². The lowest BCUT2D eigenvalue weighted by Crippen LogP contribution is -2.32. The highest BCUT2D eigenvalue weighted by Crippen LogP contribution is 2.10. The van der Waals surface area contributed by atoms with Crippen molar-refractivity contribution in [1.82, 2.24) is 5.43 Å². The van der Waals surface area contributed by atoms with Gasteiger partial charge in [-0.2, -0.15) is 5.10 Å². The third-order valence-electron chi connectivity index (χ3n) is 2.86. The molecule has 0 saturated carbocycles. The van der Waals surface area contributed by atoms with E-state index in [-0.39, 0.29) is 0 Å². The fraction of sp³-hybridized carbons (Fsp3) is 0. The highest BCUT2D eigenvalue weighted by atomic mass is 79.9. The number of benzene rings is 2. The molecule has 2 aromatic rings. The Hall–Kier alpha value is -3.00. The molecule has 0 aliphatic rings. The lowest BCUT2D eigenvalue weighted by molar-refractivity contribution is -0.136. The second-order valence-electron chi connectivity index (χ2n) is 4.65. The molecule has 0 heterocycles. The summed E-state index contributed by atoms with van der Waals surface area (Å²) in [7, 11) is 0. The number of carbonyl (C=O) groups is 3. The van der Waals surface area contributed by atoms with Crippen LogP contribution in [0, 0.1) is 0 Å². The normalized spacial score (nSPS) is 10.4. The molecule has 2 rings (SSSR count). The molecule has 0 aromatic heterocycles. The monoisotopic (exact) mass is 388 g/mol. The minimum Gasteiger partial charge on any atom is -0.366 e. The molecule has 8 heteroatoms. The number of anilines is 1. The summed E-state index contributed by atoms with van der Waals surface area (Å²) in [6, 6.07) is 13.1. The van der Waals surface area contributed by atoms with Gasteiger partial charge in [-0.15, -0.1) is 0 Å². The average Bonchev–Trinajstić information content (AvgIpc) is 2.55. The van der Waals surface area contributed by atoms with Crippen molar-refractivity contribution in [3.8, 4) is 0 Å². The number of hydrogen-bond donors (Lipinski definition) is 3. The van der Waals surface area contributed by atoms with Crippen LogP contribution in [-0.2, 0) is 9.59 Å². The van der Waals surface area contributed by atoms with E-state index in [4.69, 9.17) is 5.73 Å². The van der Waals surface area contributed by atoms with Crippen LogP contribution in [0.5, 0.6) is 0 Å². The molecular weight excluding hydrogens is 376 g/mol. The first-order valence-corrected chi connectivity index (χ1v) is 7.55. The van der Waals surface area contributed by atoms with Crippen LogP contribution < -0.4 is 16.5 Å². The number of halogens is 1. The predicted molar refractivity (Wildman–Crippen MR) is 93.5 cm³/mol. The van der Waals surface area contributed by atoms with Crippen LogP contribution in [0.4, 0.5) is 5.69 Å². The second-order valence-corrected chi connectivity index (χ2v) is 5.57. The molecule has 0 spiro atoms. The maximum atomic E-state index is 11.7. The van der Waals surface area contributed by atoms with Crippen LogP contribution in [0.1, 0.15) is 15.9 Å². The van der Waals surface area contributed by atoms with Gasteiger partial charge in [0.25, 0.3) is 0 Å². The predicted octanol–water partition coefficient (Wildman–Crippen LogP) is 1.64.